The molecule has 0 saturated carbocycles. The highest BCUT2D eigenvalue weighted by atomic mass is 19.3. The Labute approximate surface area is 38.1 Å². The standard InChI is InChI=1S/C3H4F4/c4-1-2(5)3(6)7/h2-3H,1H2. The van der Waals surface area contributed by atoms with Crippen molar-refractivity contribution in [3.05, 3.63) is 0 Å². The van der Waals surface area contributed by atoms with Crippen LogP contribution in [0.2, 0.25) is 0 Å². The number of hydrogen-bond donors (Lipinski definition) is 0. The Morgan fingerprint density at radius 3 is 1.57 bits per heavy atom. The van der Waals surface area contributed by atoms with Gasteiger partial charge in [-0.25, -0.2) is 17.6 Å². The first kappa shape index (κ1) is 6.72. The van der Waals surface area contributed by atoms with Crippen LogP contribution in [-0.4, -0.2) is 19.3 Å². The third-order valence-electron chi connectivity index (χ3n) is 0.421. The smallest absolute Gasteiger partial charge is 0.248 e. The van der Waals surface area contributed by atoms with E-state index >= 15 is 0 Å². The maximum absolute atomic E-state index is 11.1. The van der Waals surface area contributed by atoms with Crippen LogP contribution in [0.15, 0.2) is 0 Å². The average molecular weight is 116 g/mol. The van der Waals surface area contributed by atoms with Crippen LogP contribution in [0.5, 0.6) is 0 Å². The monoisotopic (exact) mass is 116 g/mol. The summed E-state index contributed by atoms with van der Waals surface area (Å²) in [7, 11) is 0. The van der Waals surface area contributed by atoms with Crippen molar-refractivity contribution in [2.24, 2.45) is 0 Å². The van der Waals surface area contributed by atoms with Crippen LogP contribution in [-0.2, 0) is 0 Å². The van der Waals surface area contributed by atoms with Crippen molar-refractivity contribution >= 4 is 0 Å². The van der Waals surface area contributed by atoms with Crippen molar-refractivity contribution in [1.29, 1.82) is 0 Å². The van der Waals surface area contributed by atoms with Crippen molar-refractivity contribution in [2.75, 3.05) is 6.67 Å². The van der Waals surface area contributed by atoms with Crippen LogP contribution in [0.1, 0.15) is 0 Å². The second-order valence-corrected chi connectivity index (χ2v) is 1.00. The van der Waals surface area contributed by atoms with E-state index in [0.717, 1.165) is 0 Å². The minimum atomic E-state index is -3.18. The van der Waals surface area contributed by atoms with Gasteiger partial charge in [0.2, 0.25) is 0 Å². The Bertz CT molecular complexity index is 44.2. The molecular weight excluding hydrogens is 112 g/mol. The molecule has 7 heavy (non-hydrogen) atoms. The Balaban J connectivity index is 3.14. The number of halogens is 4. The molecule has 44 valence electrons. The molecule has 0 rings (SSSR count). The summed E-state index contributed by atoms with van der Waals surface area (Å²) in [6, 6.07) is 0. The molecule has 0 saturated heterocycles. The molecule has 0 fully saturated rings. The molecule has 4 heteroatoms. The fourth-order valence-electron chi connectivity index (χ4n) is 0.0673. The molecule has 1 atom stereocenters. The Morgan fingerprint density at radius 2 is 1.57 bits per heavy atom. The molecule has 0 nitrogen and oxygen atoms in total. The van der Waals surface area contributed by atoms with Crippen LogP contribution >= 0.6 is 0 Å². The lowest BCUT2D eigenvalue weighted by Gasteiger charge is -1.96. The summed E-state index contributed by atoms with van der Waals surface area (Å²) in [5, 5.41) is 0. The van der Waals surface area contributed by atoms with Crippen LogP contribution < -0.4 is 0 Å². The van der Waals surface area contributed by atoms with Gasteiger partial charge < -0.3 is 0 Å². The van der Waals surface area contributed by atoms with E-state index in [1.807, 2.05) is 0 Å². The van der Waals surface area contributed by atoms with Crippen LogP contribution in [0.3, 0.4) is 0 Å². The van der Waals surface area contributed by atoms with E-state index in [1.165, 1.54) is 0 Å². The predicted molar refractivity (Wildman–Crippen MR) is 16.9 cm³/mol. The van der Waals surface area contributed by atoms with Gasteiger partial charge in [-0.2, -0.15) is 0 Å². The molecule has 0 aliphatic carbocycles. The molecule has 0 aliphatic heterocycles. The van der Waals surface area contributed by atoms with Gasteiger partial charge in [-0.05, 0) is 0 Å². The van der Waals surface area contributed by atoms with Gasteiger partial charge >= 0.3 is 0 Å². The zero-order chi connectivity index (χ0) is 5.86. The molecule has 0 N–H and O–H groups in total. The Morgan fingerprint density at radius 1 is 1.14 bits per heavy atom. The Kier molecular flexibility index (Phi) is 2.71. The summed E-state index contributed by atoms with van der Waals surface area (Å²) in [6.45, 7) is -1.60. The lowest BCUT2D eigenvalue weighted by Crippen LogP contribution is -2.13. The molecule has 1 unspecified atom stereocenters. The topological polar surface area (TPSA) is 0 Å². The van der Waals surface area contributed by atoms with E-state index in [1.54, 1.807) is 0 Å². The summed E-state index contributed by atoms with van der Waals surface area (Å²) in [5.41, 5.74) is 0. The van der Waals surface area contributed by atoms with Crippen LogP contribution in [0, 0.1) is 0 Å². The normalized spacial score (nSPS) is 15.0. The highest BCUT2D eigenvalue weighted by Crippen LogP contribution is 2.04. The average Bonchev–Trinajstić information content (AvgIpc) is 1.65. The molecule has 0 aromatic heterocycles. The second kappa shape index (κ2) is 2.82. The van der Waals surface area contributed by atoms with Gasteiger partial charge in [0.1, 0.15) is 6.67 Å². The van der Waals surface area contributed by atoms with E-state index in [9.17, 15) is 17.6 Å². The number of alkyl halides is 4. The molecule has 0 heterocycles. The van der Waals surface area contributed by atoms with Crippen molar-refractivity contribution in [3.63, 3.8) is 0 Å². The lowest BCUT2D eigenvalue weighted by molar-refractivity contribution is 0.0363. The second-order valence-electron chi connectivity index (χ2n) is 1.00. The minimum Gasteiger partial charge on any atom is -0.248 e. The van der Waals surface area contributed by atoms with E-state index in [0.29, 0.717) is 0 Å². The van der Waals surface area contributed by atoms with Gasteiger partial charge in [-0.3, -0.25) is 0 Å². The number of hydrogen-bond acceptors (Lipinski definition) is 0. The molecule has 0 aromatic rings. The summed E-state index contributed by atoms with van der Waals surface area (Å²) in [5.74, 6) is 0. The summed E-state index contributed by atoms with van der Waals surface area (Å²) < 4.78 is 43.5. The fourth-order valence-corrected chi connectivity index (χ4v) is 0.0673. The molecule has 0 aromatic carbocycles. The molecule has 0 radical (unpaired) electrons. The van der Waals surface area contributed by atoms with Crippen molar-refractivity contribution in [3.8, 4) is 0 Å². The molecular formula is C3H4F4. The molecule has 0 amide bonds. The first-order valence-corrected chi connectivity index (χ1v) is 1.66. The van der Waals surface area contributed by atoms with Gasteiger partial charge in [0, 0.05) is 0 Å². The summed E-state index contributed by atoms with van der Waals surface area (Å²) in [6.07, 6.45) is -5.77. The van der Waals surface area contributed by atoms with E-state index < -0.39 is 19.3 Å². The first-order chi connectivity index (χ1) is 3.18. The van der Waals surface area contributed by atoms with E-state index in [2.05, 4.69) is 0 Å². The van der Waals surface area contributed by atoms with Gasteiger partial charge in [0.25, 0.3) is 6.43 Å². The largest absolute Gasteiger partial charge is 0.271 e. The van der Waals surface area contributed by atoms with Crippen molar-refractivity contribution in [1.82, 2.24) is 0 Å². The van der Waals surface area contributed by atoms with Crippen molar-refractivity contribution < 1.29 is 17.6 Å². The highest BCUT2D eigenvalue weighted by Gasteiger charge is 2.17. The third kappa shape index (κ3) is 2.42. The molecule has 0 aliphatic rings. The number of rotatable bonds is 2. The SMILES string of the molecule is FCC(F)C(F)F. The quantitative estimate of drug-likeness (QED) is 0.480. The van der Waals surface area contributed by atoms with Crippen molar-refractivity contribution in [2.45, 2.75) is 12.6 Å². The van der Waals surface area contributed by atoms with E-state index in [4.69, 9.17) is 0 Å². The zero-order valence-corrected chi connectivity index (χ0v) is 3.37. The lowest BCUT2D eigenvalue weighted by atomic mass is 10.4. The first-order valence-electron chi connectivity index (χ1n) is 1.66. The van der Waals surface area contributed by atoms with E-state index in [-0.39, 0.29) is 0 Å². The van der Waals surface area contributed by atoms with Gasteiger partial charge in [0.05, 0.1) is 0 Å². The zero-order valence-electron chi connectivity index (χ0n) is 3.37. The Hall–Kier alpha value is -0.280. The summed E-state index contributed by atoms with van der Waals surface area (Å²) >= 11 is 0. The predicted octanol–water partition coefficient (Wildman–Crippen LogP) is 1.56. The maximum Gasteiger partial charge on any atom is 0.271 e. The van der Waals surface area contributed by atoms with Crippen LogP contribution in [0.4, 0.5) is 17.6 Å². The van der Waals surface area contributed by atoms with Gasteiger partial charge in [-0.15, -0.1) is 0 Å². The highest BCUT2D eigenvalue weighted by molar-refractivity contribution is 4.53. The van der Waals surface area contributed by atoms with Gasteiger partial charge in [-0.1, -0.05) is 0 Å². The minimum absolute atomic E-state index is 1.60. The maximum atomic E-state index is 11.1. The fraction of sp³-hybridized carbons (Fsp3) is 1.00. The van der Waals surface area contributed by atoms with Crippen LogP contribution in [0.25, 0.3) is 0 Å². The molecule has 0 bridgehead atoms. The third-order valence-corrected chi connectivity index (χ3v) is 0.421. The van der Waals surface area contributed by atoms with Gasteiger partial charge in [0.15, 0.2) is 6.17 Å². The molecule has 0 spiro atoms. The summed E-state index contributed by atoms with van der Waals surface area (Å²) in [4.78, 5) is 0.